The third-order valence-corrected chi connectivity index (χ3v) is 3.73. The third-order valence-electron chi connectivity index (χ3n) is 3.73. The monoisotopic (exact) mass is 167 g/mol. The van der Waals surface area contributed by atoms with Crippen LogP contribution in [0.2, 0.25) is 0 Å². The van der Waals surface area contributed by atoms with Crippen molar-refractivity contribution >= 4 is 0 Å². The molecule has 70 valence electrons. The zero-order valence-corrected chi connectivity index (χ0v) is 7.97. The maximum Gasteiger partial charge on any atom is -0.00461 e. The Hall–Kier alpha value is -0.0400. The Labute approximate surface area is 75.7 Å². The molecule has 0 heterocycles. The lowest BCUT2D eigenvalue weighted by Gasteiger charge is -2.21. The lowest BCUT2D eigenvalue weighted by Crippen LogP contribution is -2.09. The highest BCUT2D eigenvalue weighted by Crippen LogP contribution is 2.44. The third kappa shape index (κ3) is 2.01. The summed E-state index contributed by atoms with van der Waals surface area (Å²) in [7, 11) is 0. The van der Waals surface area contributed by atoms with Crippen molar-refractivity contribution in [2.75, 3.05) is 6.54 Å². The second-order valence-corrected chi connectivity index (χ2v) is 4.73. The smallest absolute Gasteiger partial charge is 0.00461 e. The van der Waals surface area contributed by atoms with E-state index in [0.717, 1.165) is 24.3 Å². The molecule has 0 saturated heterocycles. The molecule has 2 aliphatic carbocycles. The van der Waals surface area contributed by atoms with Gasteiger partial charge in [0.2, 0.25) is 0 Å². The van der Waals surface area contributed by atoms with E-state index in [0.29, 0.717) is 0 Å². The molecule has 2 fully saturated rings. The first-order chi connectivity index (χ1) is 5.90. The van der Waals surface area contributed by atoms with Gasteiger partial charge in [-0.15, -0.1) is 0 Å². The van der Waals surface area contributed by atoms with Crippen molar-refractivity contribution in [3.63, 3.8) is 0 Å². The van der Waals surface area contributed by atoms with Crippen molar-refractivity contribution in [3.8, 4) is 0 Å². The molecule has 0 aromatic carbocycles. The van der Waals surface area contributed by atoms with Crippen molar-refractivity contribution in [1.82, 2.24) is 0 Å². The highest BCUT2D eigenvalue weighted by Gasteiger charge is 2.36. The molecule has 0 aromatic heterocycles. The summed E-state index contributed by atoms with van der Waals surface area (Å²) in [6.07, 6.45) is 10.4. The predicted octanol–water partition coefficient (Wildman–Crippen LogP) is 2.55. The minimum atomic E-state index is 0.909. The standard InChI is InChI=1S/C11H21N/c12-8-11-7-10(11)6-9-4-2-1-3-5-9/h9-11H,1-8,12H2/t10-,11+/m1/s1. The summed E-state index contributed by atoms with van der Waals surface area (Å²) < 4.78 is 0. The molecule has 0 unspecified atom stereocenters. The number of rotatable bonds is 3. The summed E-state index contributed by atoms with van der Waals surface area (Å²) in [4.78, 5) is 0. The summed E-state index contributed by atoms with van der Waals surface area (Å²) in [5.41, 5.74) is 5.63. The predicted molar refractivity (Wildman–Crippen MR) is 51.8 cm³/mol. The van der Waals surface area contributed by atoms with Crippen molar-refractivity contribution in [2.45, 2.75) is 44.9 Å². The van der Waals surface area contributed by atoms with E-state index in [4.69, 9.17) is 5.73 Å². The van der Waals surface area contributed by atoms with Gasteiger partial charge in [-0.25, -0.2) is 0 Å². The van der Waals surface area contributed by atoms with E-state index in [1.807, 2.05) is 0 Å². The molecule has 0 radical (unpaired) electrons. The zero-order valence-electron chi connectivity index (χ0n) is 7.97. The molecule has 2 rings (SSSR count). The van der Waals surface area contributed by atoms with Gasteiger partial charge in [0, 0.05) is 0 Å². The lowest BCUT2D eigenvalue weighted by molar-refractivity contribution is 0.320. The summed E-state index contributed by atoms with van der Waals surface area (Å²) in [6, 6.07) is 0. The minimum absolute atomic E-state index is 0.909. The fourth-order valence-electron chi connectivity index (χ4n) is 2.74. The first kappa shape index (κ1) is 8.55. The van der Waals surface area contributed by atoms with Crippen LogP contribution in [-0.2, 0) is 0 Å². The molecule has 0 aromatic rings. The van der Waals surface area contributed by atoms with Crippen molar-refractivity contribution in [1.29, 1.82) is 0 Å². The molecular formula is C11H21N. The van der Waals surface area contributed by atoms with Crippen LogP contribution in [0.1, 0.15) is 44.9 Å². The van der Waals surface area contributed by atoms with Gasteiger partial charge in [0.1, 0.15) is 0 Å². The number of hydrogen-bond acceptors (Lipinski definition) is 1. The quantitative estimate of drug-likeness (QED) is 0.687. The van der Waals surface area contributed by atoms with Crippen molar-refractivity contribution < 1.29 is 0 Å². The summed E-state index contributed by atoms with van der Waals surface area (Å²) in [5.74, 6) is 3.00. The van der Waals surface area contributed by atoms with Gasteiger partial charge in [-0.2, -0.15) is 0 Å². The molecule has 2 saturated carbocycles. The second-order valence-electron chi connectivity index (χ2n) is 4.73. The van der Waals surface area contributed by atoms with Gasteiger partial charge >= 0.3 is 0 Å². The molecule has 1 heteroatoms. The SMILES string of the molecule is NC[C@@H]1C[C@H]1CC1CCCCC1. The fraction of sp³-hybridized carbons (Fsp3) is 1.00. The van der Waals surface area contributed by atoms with Gasteiger partial charge in [-0.1, -0.05) is 32.1 Å². The Morgan fingerprint density at radius 1 is 1.00 bits per heavy atom. The van der Waals surface area contributed by atoms with Crippen LogP contribution in [0.15, 0.2) is 0 Å². The van der Waals surface area contributed by atoms with Crippen LogP contribution in [0.5, 0.6) is 0 Å². The minimum Gasteiger partial charge on any atom is -0.330 e. The second kappa shape index (κ2) is 3.78. The molecule has 0 amide bonds. The van der Waals surface area contributed by atoms with Gasteiger partial charge < -0.3 is 5.73 Å². The van der Waals surface area contributed by atoms with Gasteiger partial charge in [-0.05, 0) is 37.1 Å². The van der Waals surface area contributed by atoms with E-state index in [1.54, 1.807) is 0 Å². The summed E-state index contributed by atoms with van der Waals surface area (Å²) in [5, 5.41) is 0. The van der Waals surface area contributed by atoms with E-state index in [2.05, 4.69) is 0 Å². The van der Waals surface area contributed by atoms with Crippen molar-refractivity contribution in [2.24, 2.45) is 23.5 Å². The average Bonchev–Trinajstić information content (AvgIpc) is 2.85. The Morgan fingerprint density at radius 2 is 1.75 bits per heavy atom. The molecule has 0 aliphatic heterocycles. The largest absolute Gasteiger partial charge is 0.330 e. The number of nitrogens with two attached hydrogens (primary N) is 1. The van der Waals surface area contributed by atoms with E-state index in [9.17, 15) is 0 Å². The molecule has 2 aliphatic rings. The van der Waals surface area contributed by atoms with Crippen LogP contribution in [0.3, 0.4) is 0 Å². The maximum absolute atomic E-state index is 5.63. The summed E-state index contributed by atoms with van der Waals surface area (Å²) in [6.45, 7) is 0.942. The maximum atomic E-state index is 5.63. The van der Waals surface area contributed by atoms with Gasteiger partial charge in [0.05, 0.1) is 0 Å². The molecule has 1 nitrogen and oxygen atoms in total. The Morgan fingerprint density at radius 3 is 2.33 bits per heavy atom. The molecular weight excluding hydrogens is 146 g/mol. The lowest BCUT2D eigenvalue weighted by atomic mass is 9.85. The highest BCUT2D eigenvalue weighted by molar-refractivity contribution is 4.88. The van der Waals surface area contributed by atoms with E-state index >= 15 is 0 Å². The Kier molecular flexibility index (Phi) is 2.69. The molecule has 0 spiro atoms. The van der Waals surface area contributed by atoms with Gasteiger partial charge in [-0.3, -0.25) is 0 Å². The first-order valence-corrected chi connectivity index (χ1v) is 5.60. The molecule has 12 heavy (non-hydrogen) atoms. The van der Waals surface area contributed by atoms with Gasteiger partial charge in [0.15, 0.2) is 0 Å². The Balaban J connectivity index is 1.66. The first-order valence-electron chi connectivity index (χ1n) is 5.60. The van der Waals surface area contributed by atoms with Crippen LogP contribution in [-0.4, -0.2) is 6.54 Å². The normalized spacial score (nSPS) is 36.8. The Bertz CT molecular complexity index is 138. The number of hydrogen-bond donors (Lipinski definition) is 1. The van der Waals surface area contributed by atoms with E-state index in [-0.39, 0.29) is 0 Å². The van der Waals surface area contributed by atoms with Crippen LogP contribution in [0, 0.1) is 17.8 Å². The van der Waals surface area contributed by atoms with Crippen LogP contribution >= 0.6 is 0 Å². The average molecular weight is 167 g/mol. The molecule has 0 bridgehead atoms. The van der Waals surface area contributed by atoms with Crippen molar-refractivity contribution in [3.05, 3.63) is 0 Å². The highest BCUT2D eigenvalue weighted by atomic mass is 14.6. The van der Waals surface area contributed by atoms with Crippen LogP contribution in [0.25, 0.3) is 0 Å². The zero-order chi connectivity index (χ0) is 8.39. The molecule has 2 N–H and O–H groups in total. The van der Waals surface area contributed by atoms with Crippen LogP contribution in [0.4, 0.5) is 0 Å². The summed E-state index contributed by atoms with van der Waals surface area (Å²) >= 11 is 0. The van der Waals surface area contributed by atoms with Gasteiger partial charge in [0.25, 0.3) is 0 Å². The van der Waals surface area contributed by atoms with E-state index in [1.165, 1.54) is 44.9 Å². The topological polar surface area (TPSA) is 26.0 Å². The molecule has 2 atom stereocenters. The van der Waals surface area contributed by atoms with E-state index < -0.39 is 0 Å². The van der Waals surface area contributed by atoms with Crippen LogP contribution < -0.4 is 5.73 Å². The fourth-order valence-corrected chi connectivity index (χ4v) is 2.74.